The van der Waals surface area contributed by atoms with Crippen LogP contribution in [-0.4, -0.2) is 20.6 Å². The van der Waals surface area contributed by atoms with Crippen molar-refractivity contribution < 1.29 is 9.85 Å². The number of anilines is 1. The summed E-state index contributed by atoms with van der Waals surface area (Å²) in [6.07, 6.45) is 1.56. The lowest BCUT2D eigenvalue weighted by Gasteiger charge is -2.11. The topological polar surface area (TPSA) is 116 Å². The van der Waals surface area contributed by atoms with E-state index in [4.69, 9.17) is 0 Å². The van der Waals surface area contributed by atoms with Gasteiger partial charge in [0, 0.05) is 33.2 Å². The van der Waals surface area contributed by atoms with Crippen molar-refractivity contribution in [3.63, 3.8) is 0 Å². The summed E-state index contributed by atoms with van der Waals surface area (Å²) in [5.41, 5.74) is 6.83. The molecule has 0 saturated heterocycles. The van der Waals surface area contributed by atoms with Crippen LogP contribution in [0.2, 0.25) is 0 Å². The lowest BCUT2D eigenvalue weighted by atomic mass is 10.2. The monoisotopic (exact) mass is 471 g/mol. The zero-order valence-corrected chi connectivity index (χ0v) is 18.0. The Bertz CT molecular complexity index is 1190. The summed E-state index contributed by atoms with van der Waals surface area (Å²) in [4.78, 5) is 20.7. The van der Waals surface area contributed by atoms with E-state index in [0.717, 1.165) is 38.7 Å². The largest absolute Gasteiger partial charge is 0.318 e. The Morgan fingerprint density at radius 1 is 1.03 bits per heavy atom. The highest BCUT2D eigenvalue weighted by Crippen LogP contribution is 2.29. The number of nitrogens with zero attached hydrogens (tertiary/aromatic N) is 4. The Balaban J connectivity index is 1.88. The van der Waals surface area contributed by atoms with Gasteiger partial charge in [-0.25, -0.2) is 0 Å². The molecule has 1 aromatic heterocycles. The summed E-state index contributed by atoms with van der Waals surface area (Å²) in [5, 5.41) is 26.2. The van der Waals surface area contributed by atoms with E-state index in [0.29, 0.717) is 0 Å². The van der Waals surface area contributed by atoms with Gasteiger partial charge in [0.25, 0.3) is 5.69 Å². The number of rotatable bonds is 6. The Kier molecular flexibility index (Phi) is 5.97. The third-order valence-electron chi connectivity index (χ3n) is 4.66. The molecule has 0 bridgehead atoms. The van der Waals surface area contributed by atoms with Crippen molar-refractivity contribution in [1.29, 1.82) is 0 Å². The fraction of sp³-hybridized carbons (Fsp3) is 0.150. The number of nitro benzene ring substituents is 2. The number of nitrogens with one attached hydrogen (secondary N) is 1. The minimum Gasteiger partial charge on any atom is -0.318 e. The van der Waals surface area contributed by atoms with E-state index in [1.807, 2.05) is 45.0 Å². The van der Waals surface area contributed by atoms with Crippen molar-refractivity contribution in [2.75, 3.05) is 5.43 Å². The van der Waals surface area contributed by atoms with Crippen molar-refractivity contribution in [1.82, 2.24) is 4.57 Å². The molecule has 9 nitrogen and oxygen atoms in total. The maximum absolute atomic E-state index is 11.2. The molecule has 154 valence electrons. The number of halogens is 1. The minimum absolute atomic E-state index is 0.0677. The molecule has 3 rings (SSSR count). The zero-order valence-electron chi connectivity index (χ0n) is 16.4. The first-order chi connectivity index (χ1) is 14.2. The van der Waals surface area contributed by atoms with E-state index in [1.165, 1.54) is 12.1 Å². The maximum Gasteiger partial charge on any atom is 0.301 e. The molecular formula is C20H18BrN5O4. The van der Waals surface area contributed by atoms with Gasteiger partial charge < -0.3 is 4.57 Å². The van der Waals surface area contributed by atoms with E-state index < -0.39 is 15.5 Å². The molecule has 0 aliphatic rings. The van der Waals surface area contributed by atoms with Crippen LogP contribution in [0.25, 0.3) is 5.69 Å². The second kappa shape index (κ2) is 8.46. The van der Waals surface area contributed by atoms with Crippen LogP contribution in [0.1, 0.15) is 22.5 Å². The van der Waals surface area contributed by atoms with E-state index in [1.54, 1.807) is 6.21 Å². The summed E-state index contributed by atoms with van der Waals surface area (Å²) in [6.45, 7) is 5.95. The number of hydrazone groups is 1. The summed E-state index contributed by atoms with van der Waals surface area (Å²) < 4.78 is 3.09. The van der Waals surface area contributed by atoms with Crippen LogP contribution in [0.4, 0.5) is 17.1 Å². The molecule has 1 N–H and O–H groups in total. The third kappa shape index (κ3) is 4.23. The van der Waals surface area contributed by atoms with Gasteiger partial charge in [-0.3, -0.25) is 25.7 Å². The Hall–Kier alpha value is -3.53. The molecule has 2 aromatic carbocycles. The van der Waals surface area contributed by atoms with E-state index in [-0.39, 0.29) is 11.4 Å². The smallest absolute Gasteiger partial charge is 0.301 e. The number of non-ortho nitro benzene ring substituents is 1. The summed E-state index contributed by atoms with van der Waals surface area (Å²) in [6, 6.07) is 11.4. The molecule has 0 radical (unpaired) electrons. The first-order valence-corrected chi connectivity index (χ1v) is 9.65. The molecule has 0 unspecified atom stereocenters. The zero-order chi connectivity index (χ0) is 22.0. The predicted octanol–water partition coefficient (Wildman–Crippen LogP) is 5.43. The van der Waals surface area contributed by atoms with E-state index in [9.17, 15) is 20.2 Å². The number of hydrogen-bond acceptors (Lipinski definition) is 6. The summed E-state index contributed by atoms with van der Waals surface area (Å²) >= 11 is 3.55. The van der Waals surface area contributed by atoms with Crippen molar-refractivity contribution in [2.24, 2.45) is 5.10 Å². The predicted molar refractivity (Wildman–Crippen MR) is 119 cm³/mol. The van der Waals surface area contributed by atoms with Gasteiger partial charge in [0.2, 0.25) is 0 Å². The van der Waals surface area contributed by atoms with Gasteiger partial charge in [-0.2, -0.15) is 5.10 Å². The standard InChI is InChI=1S/C20H18BrN5O4/c1-12-4-5-16(9-18(12)21)24-13(2)8-15(14(24)3)11-22-23-19-7-6-17(25(27)28)10-20(19)26(29)30/h4-11,23H,1-3H3/b22-11-. The highest BCUT2D eigenvalue weighted by atomic mass is 79.9. The van der Waals surface area contributed by atoms with Gasteiger partial charge >= 0.3 is 5.69 Å². The first kappa shape index (κ1) is 21.2. The van der Waals surface area contributed by atoms with Crippen LogP contribution in [0.15, 0.2) is 52.0 Å². The van der Waals surface area contributed by atoms with E-state index in [2.05, 4.69) is 31.0 Å². The first-order valence-electron chi connectivity index (χ1n) is 8.86. The van der Waals surface area contributed by atoms with Crippen molar-refractivity contribution >= 4 is 39.2 Å². The van der Waals surface area contributed by atoms with E-state index >= 15 is 0 Å². The molecule has 0 saturated carbocycles. The molecule has 30 heavy (non-hydrogen) atoms. The minimum atomic E-state index is -0.689. The van der Waals surface area contributed by atoms with Crippen LogP contribution in [0, 0.1) is 41.0 Å². The fourth-order valence-electron chi connectivity index (χ4n) is 3.09. The molecule has 10 heteroatoms. The Morgan fingerprint density at radius 2 is 1.77 bits per heavy atom. The molecule has 0 aliphatic heterocycles. The van der Waals surface area contributed by atoms with Gasteiger partial charge in [0.1, 0.15) is 5.69 Å². The van der Waals surface area contributed by atoms with Crippen LogP contribution in [0.3, 0.4) is 0 Å². The summed E-state index contributed by atoms with van der Waals surface area (Å²) in [7, 11) is 0. The lowest BCUT2D eigenvalue weighted by molar-refractivity contribution is -0.393. The second-order valence-corrected chi connectivity index (χ2v) is 7.54. The fourth-order valence-corrected chi connectivity index (χ4v) is 3.45. The van der Waals surface area contributed by atoms with Crippen molar-refractivity contribution in [2.45, 2.75) is 20.8 Å². The molecule has 3 aromatic rings. The van der Waals surface area contributed by atoms with Crippen LogP contribution in [0.5, 0.6) is 0 Å². The molecule has 0 spiro atoms. The van der Waals surface area contributed by atoms with Crippen LogP contribution in [-0.2, 0) is 0 Å². The maximum atomic E-state index is 11.2. The van der Waals surface area contributed by atoms with Crippen molar-refractivity contribution in [3.05, 3.63) is 89.7 Å². The van der Waals surface area contributed by atoms with Gasteiger partial charge in [0.15, 0.2) is 0 Å². The van der Waals surface area contributed by atoms with Crippen LogP contribution >= 0.6 is 15.9 Å². The Morgan fingerprint density at radius 3 is 2.40 bits per heavy atom. The number of aryl methyl sites for hydroxylation is 2. The quantitative estimate of drug-likeness (QED) is 0.292. The lowest BCUT2D eigenvalue weighted by Crippen LogP contribution is -2.01. The van der Waals surface area contributed by atoms with Crippen molar-refractivity contribution in [3.8, 4) is 5.69 Å². The molecule has 1 heterocycles. The normalized spacial score (nSPS) is 11.1. The molecule has 0 amide bonds. The SMILES string of the molecule is Cc1ccc(-n2c(C)cc(/C=N\Nc3ccc([N+](=O)[O-])cc3[N+](=O)[O-])c2C)cc1Br. The molecule has 0 atom stereocenters. The number of nitro groups is 2. The molecular weight excluding hydrogens is 454 g/mol. The van der Waals surface area contributed by atoms with Crippen LogP contribution < -0.4 is 5.43 Å². The highest BCUT2D eigenvalue weighted by molar-refractivity contribution is 9.10. The molecule has 0 fully saturated rings. The van der Waals surface area contributed by atoms with Gasteiger partial charge in [0.05, 0.1) is 22.1 Å². The van der Waals surface area contributed by atoms with Gasteiger partial charge in [-0.05, 0) is 50.6 Å². The van der Waals surface area contributed by atoms with Gasteiger partial charge in [-0.15, -0.1) is 0 Å². The van der Waals surface area contributed by atoms with Gasteiger partial charge in [-0.1, -0.05) is 22.0 Å². The second-order valence-electron chi connectivity index (χ2n) is 6.68. The average molecular weight is 472 g/mol. The Labute approximate surface area is 180 Å². The molecule has 0 aliphatic carbocycles. The number of hydrogen-bond donors (Lipinski definition) is 1. The average Bonchev–Trinajstić information content (AvgIpc) is 2.97. The summed E-state index contributed by atoms with van der Waals surface area (Å²) in [5.74, 6) is 0. The number of benzene rings is 2. The highest BCUT2D eigenvalue weighted by Gasteiger charge is 2.19. The number of aromatic nitrogens is 1. The third-order valence-corrected chi connectivity index (χ3v) is 5.52.